The molecule has 4 heterocycles. The average molecular weight is 474 g/mol. The van der Waals surface area contributed by atoms with E-state index in [1.807, 2.05) is 36.5 Å². The molecule has 2 aliphatic heterocycles. The van der Waals surface area contributed by atoms with Crippen LogP contribution in [0.1, 0.15) is 22.3 Å². The number of hydrogen-bond donors (Lipinski definition) is 2. The lowest BCUT2D eigenvalue weighted by Gasteiger charge is -2.28. The number of hydrogen-bond acceptors (Lipinski definition) is 8. The molecule has 0 saturated carbocycles. The third-order valence-corrected chi connectivity index (χ3v) is 6.12. The number of fused-ring (bicyclic) bond motifs is 1. The molecule has 0 radical (unpaired) electrons. The van der Waals surface area contributed by atoms with Gasteiger partial charge in [0.15, 0.2) is 0 Å². The van der Waals surface area contributed by atoms with E-state index in [2.05, 4.69) is 20.1 Å². The first-order chi connectivity index (χ1) is 17.1. The Morgan fingerprint density at radius 2 is 1.94 bits per heavy atom. The lowest BCUT2D eigenvalue weighted by atomic mass is 10.0. The number of morpholine rings is 1. The molecule has 1 fully saturated rings. The van der Waals surface area contributed by atoms with Crippen molar-refractivity contribution in [3.05, 3.63) is 59.9 Å². The minimum absolute atomic E-state index is 0.0952. The minimum atomic E-state index is -0.454. The topological polar surface area (TPSA) is 127 Å². The highest BCUT2D eigenvalue weighted by Crippen LogP contribution is 2.39. The van der Waals surface area contributed by atoms with Crippen molar-refractivity contribution in [2.75, 3.05) is 49.2 Å². The van der Waals surface area contributed by atoms with Crippen LogP contribution < -0.4 is 20.9 Å². The molecule has 0 atom stereocenters. The van der Waals surface area contributed by atoms with Crippen molar-refractivity contribution in [2.45, 2.75) is 12.8 Å². The maximum Gasteiger partial charge on any atom is 0.251 e. The minimum Gasteiger partial charge on any atom is -0.378 e. The van der Waals surface area contributed by atoms with E-state index in [9.17, 15) is 9.59 Å². The Bertz CT molecular complexity index is 1230. The number of benzene rings is 1. The smallest absolute Gasteiger partial charge is 0.251 e. The van der Waals surface area contributed by atoms with Crippen LogP contribution in [0.5, 0.6) is 0 Å². The third-order valence-electron chi connectivity index (χ3n) is 6.12. The van der Waals surface area contributed by atoms with Crippen molar-refractivity contribution in [3.63, 3.8) is 0 Å². The second-order valence-corrected chi connectivity index (χ2v) is 8.44. The number of rotatable bonds is 7. The summed E-state index contributed by atoms with van der Waals surface area (Å²) in [6.07, 6.45) is 4.46. The molecule has 1 aromatic carbocycles. The fraction of sp³-hybridized carbons (Fsp3) is 0.320. The largest absolute Gasteiger partial charge is 0.378 e. The fourth-order valence-corrected chi connectivity index (χ4v) is 4.36. The summed E-state index contributed by atoms with van der Waals surface area (Å²) in [5, 5.41) is 2.74. The standard InChI is InChI=1S/C25H27N7O3/c26-21(33)6-9-28-24(34)18-4-1-3-17(15-18)22-20-7-10-32(19-5-2-8-27-16-19)23(20)30-25(29-22)31-11-13-35-14-12-31/h1-5,8,15-16H,6-7,9-14H2,(H2,26,33)(H,28,34). The number of amides is 2. The first kappa shape index (κ1) is 22.7. The number of anilines is 3. The van der Waals surface area contributed by atoms with Crippen LogP contribution in [0.4, 0.5) is 17.5 Å². The van der Waals surface area contributed by atoms with Gasteiger partial charge >= 0.3 is 0 Å². The Morgan fingerprint density at radius 1 is 1.09 bits per heavy atom. The van der Waals surface area contributed by atoms with E-state index >= 15 is 0 Å². The Kier molecular flexibility index (Phi) is 6.53. The number of primary amides is 1. The van der Waals surface area contributed by atoms with Gasteiger partial charge in [0.1, 0.15) is 5.82 Å². The second-order valence-electron chi connectivity index (χ2n) is 8.44. The number of aromatic nitrogens is 3. The number of carbonyl (C=O) groups excluding carboxylic acids is 2. The number of nitrogens with one attached hydrogen (secondary N) is 1. The number of nitrogens with two attached hydrogens (primary N) is 1. The average Bonchev–Trinajstić information content (AvgIpc) is 3.33. The summed E-state index contributed by atoms with van der Waals surface area (Å²) in [5.74, 6) is 0.795. The third kappa shape index (κ3) is 4.92. The van der Waals surface area contributed by atoms with Gasteiger partial charge in [0, 0.05) is 55.5 Å². The summed E-state index contributed by atoms with van der Waals surface area (Å²) in [7, 11) is 0. The van der Waals surface area contributed by atoms with E-state index in [-0.39, 0.29) is 18.9 Å². The van der Waals surface area contributed by atoms with Gasteiger partial charge in [-0.25, -0.2) is 4.98 Å². The molecule has 3 aromatic rings. The van der Waals surface area contributed by atoms with Crippen LogP contribution >= 0.6 is 0 Å². The van der Waals surface area contributed by atoms with Crippen molar-refractivity contribution in [1.82, 2.24) is 20.3 Å². The van der Waals surface area contributed by atoms with Crippen molar-refractivity contribution in [3.8, 4) is 11.3 Å². The van der Waals surface area contributed by atoms with Crippen molar-refractivity contribution in [2.24, 2.45) is 5.73 Å². The van der Waals surface area contributed by atoms with Gasteiger partial charge in [-0.1, -0.05) is 12.1 Å². The molecule has 2 aliphatic rings. The molecule has 0 unspecified atom stereocenters. The molecule has 3 N–H and O–H groups in total. The van der Waals surface area contributed by atoms with Gasteiger partial charge in [-0.05, 0) is 30.7 Å². The Morgan fingerprint density at radius 3 is 2.71 bits per heavy atom. The van der Waals surface area contributed by atoms with Crippen LogP contribution in [-0.4, -0.2) is 66.2 Å². The van der Waals surface area contributed by atoms with Crippen LogP contribution in [0.15, 0.2) is 48.8 Å². The fourth-order valence-electron chi connectivity index (χ4n) is 4.36. The summed E-state index contributed by atoms with van der Waals surface area (Å²) in [5.41, 5.74) is 9.34. The van der Waals surface area contributed by atoms with Gasteiger partial charge in [0.25, 0.3) is 5.91 Å². The van der Waals surface area contributed by atoms with Gasteiger partial charge in [-0.3, -0.25) is 14.6 Å². The van der Waals surface area contributed by atoms with Crippen LogP contribution in [0, 0.1) is 0 Å². The van der Waals surface area contributed by atoms with Crippen LogP contribution in [0.2, 0.25) is 0 Å². The van der Waals surface area contributed by atoms with Gasteiger partial charge in [-0.2, -0.15) is 4.98 Å². The molecule has 10 nitrogen and oxygen atoms in total. The highest BCUT2D eigenvalue weighted by atomic mass is 16.5. The normalized spacial score (nSPS) is 15.1. The first-order valence-electron chi connectivity index (χ1n) is 11.7. The molecule has 2 aromatic heterocycles. The van der Waals surface area contributed by atoms with Crippen LogP contribution in [0.3, 0.4) is 0 Å². The molecule has 1 saturated heterocycles. The number of nitrogens with zero attached hydrogens (tertiary/aromatic N) is 5. The molecule has 0 bridgehead atoms. The van der Waals surface area contributed by atoms with Crippen LogP contribution in [-0.2, 0) is 16.0 Å². The molecule has 2 amide bonds. The maximum atomic E-state index is 12.7. The quantitative estimate of drug-likeness (QED) is 0.531. The number of pyridine rings is 1. The van der Waals surface area contributed by atoms with Gasteiger partial charge in [-0.15, -0.1) is 0 Å². The molecular weight excluding hydrogens is 446 g/mol. The SMILES string of the molecule is NC(=O)CCNC(=O)c1cccc(-c2nc(N3CCOCC3)nc3c2CCN3c2cccnc2)c1. The Labute approximate surface area is 203 Å². The molecule has 5 rings (SSSR count). The maximum absolute atomic E-state index is 12.7. The van der Waals surface area contributed by atoms with E-state index in [1.165, 1.54) is 0 Å². The predicted octanol–water partition coefficient (Wildman–Crippen LogP) is 1.67. The lowest BCUT2D eigenvalue weighted by molar-refractivity contribution is -0.117. The Hall–Kier alpha value is -4.05. The molecule has 10 heteroatoms. The van der Waals surface area contributed by atoms with Gasteiger partial charge in [0.05, 0.1) is 30.8 Å². The Balaban J connectivity index is 1.53. The first-order valence-corrected chi connectivity index (χ1v) is 11.7. The van der Waals surface area contributed by atoms with E-state index in [0.29, 0.717) is 37.8 Å². The summed E-state index contributed by atoms with van der Waals surface area (Å²) >= 11 is 0. The van der Waals surface area contributed by atoms with E-state index < -0.39 is 5.91 Å². The monoisotopic (exact) mass is 473 g/mol. The van der Waals surface area contributed by atoms with E-state index in [4.69, 9.17) is 20.4 Å². The molecule has 0 aliphatic carbocycles. The zero-order chi connectivity index (χ0) is 24.2. The van der Waals surface area contributed by atoms with Crippen LogP contribution in [0.25, 0.3) is 11.3 Å². The van der Waals surface area contributed by atoms with E-state index in [0.717, 1.165) is 41.3 Å². The highest BCUT2D eigenvalue weighted by Gasteiger charge is 2.29. The molecule has 0 spiro atoms. The highest BCUT2D eigenvalue weighted by molar-refractivity contribution is 5.95. The lowest BCUT2D eigenvalue weighted by Crippen LogP contribution is -2.37. The van der Waals surface area contributed by atoms with Crippen molar-refractivity contribution in [1.29, 1.82) is 0 Å². The zero-order valence-electron chi connectivity index (χ0n) is 19.3. The summed E-state index contributed by atoms with van der Waals surface area (Å²) < 4.78 is 5.52. The van der Waals surface area contributed by atoms with Crippen molar-refractivity contribution < 1.29 is 14.3 Å². The second kappa shape index (κ2) is 10.1. The predicted molar refractivity (Wildman–Crippen MR) is 132 cm³/mol. The molecule has 180 valence electrons. The van der Waals surface area contributed by atoms with E-state index in [1.54, 1.807) is 12.3 Å². The van der Waals surface area contributed by atoms with Crippen molar-refractivity contribution >= 4 is 29.3 Å². The summed E-state index contributed by atoms with van der Waals surface area (Å²) in [4.78, 5) is 42.2. The molecule has 35 heavy (non-hydrogen) atoms. The van der Waals surface area contributed by atoms with Gasteiger partial charge in [0.2, 0.25) is 11.9 Å². The summed E-state index contributed by atoms with van der Waals surface area (Å²) in [6, 6.07) is 11.3. The molecular formula is C25H27N7O3. The zero-order valence-corrected chi connectivity index (χ0v) is 19.3. The number of ether oxygens (including phenoxy) is 1. The number of carbonyl (C=O) groups is 2. The van der Waals surface area contributed by atoms with Gasteiger partial charge < -0.3 is 25.6 Å². The summed E-state index contributed by atoms with van der Waals surface area (Å²) in [6.45, 7) is 3.65.